The van der Waals surface area contributed by atoms with Crippen LogP contribution in [-0.4, -0.2) is 36.6 Å². The molecule has 110 valence electrons. The van der Waals surface area contributed by atoms with Crippen LogP contribution in [0.1, 0.15) is 22.8 Å². The molecule has 0 aromatic heterocycles. The average Bonchev–Trinajstić information content (AvgIpc) is 2.36. The first-order chi connectivity index (χ1) is 9.27. The molecule has 7 heteroatoms. The van der Waals surface area contributed by atoms with E-state index < -0.39 is 17.6 Å². The molecule has 1 heterocycles. The third-order valence-corrected chi connectivity index (χ3v) is 3.46. The van der Waals surface area contributed by atoms with Gasteiger partial charge in [0.2, 0.25) is 0 Å². The van der Waals surface area contributed by atoms with Gasteiger partial charge in [-0.15, -0.1) is 0 Å². The molecule has 1 amide bonds. The number of ether oxygens (including phenoxy) is 1. The molecule has 0 spiro atoms. The van der Waals surface area contributed by atoms with Crippen LogP contribution in [0.4, 0.5) is 13.2 Å². The highest BCUT2D eigenvalue weighted by atomic mass is 79.9. The van der Waals surface area contributed by atoms with E-state index in [9.17, 15) is 18.0 Å². The van der Waals surface area contributed by atoms with E-state index >= 15 is 0 Å². The molecular formula is C13H13BrF3NO2. The predicted molar refractivity (Wildman–Crippen MR) is 70.5 cm³/mol. The van der Waals surface area contributed by atoms with Crippen LogP contribution >= 0.6 is 15.9 Å². The second-order valence-corrected chi connectivity index (χ2v) is 5.57. The maximum absolute atomic E-state index is 12.7. The summed E-state index contributed by atoms with van der Waals surface area (Å²) < 4.78 is 43.8. The summed E-state index contributed by atoms with van der Waals surface area (Å²) in [4.78, 5) is 13.8. The first kappa shape index (κ1) is 15.3. The molecule has 0 bridgehead atoms. The van der Waals surface area contributed by atoms with Crippen molar-refractivity contribution in [1.82, 2.24) is 4.90 Å². The predicted octanol–water partition coefficient (Wildman–Crippen LogP) is 3.33. The number of benzene rings is 1. The van der Waals surface area contributed by atoms with Crippen LogP contribution in [-0.2, 0) is 10.9 Å². The first-order valence-electron chi connectivity index (χ1n) is 6.06. The molecule has 1 aromatic carbocycles. The summed E-state index contributed by atoms with van der Waals surface area (Å²) in [5, 5.41) is 0. The van der Waals surface area contributed by atoms with E-state index in [1.165, 1.54) is 11.0 Å². The van der Waals surface area contributed by atoms with Gasteiger partial charge in [-0.25, -0.2) is 0 Å². The average molecular weight is 352 g/mol. The maximum atomic E-state index is 12.7. The Bertz CT molecular complexity index is 519. The molecule has 0 unspecified atom stereocenters. The SMILES string of the molecule is C[C@H]1CN(C(=O)c2cc(Br)cc(C(F)(F)F)c2)CCO1. The zero-order valence-electron chi connectivity index (χ0n) is 10.7. The van der Waals surface area contributed by atoms with Crippen molar-refractivity contribution in [1.29, 1.82) is 0 Å². The van der Waals surface area contributed by atoms with Crippen LogP contribution in [0.15, 0.2) is 22.7 Å². The van der Waals surface area contributed by atoms with Crippen molar-refractivity contribution >= 4 is 21.8 Å². The molecule has 1 aliphatic heterocycles. The minimum Gasteiger partial charge on any atom is -0.375 e. The zero-order chi connectivity index (χ0) is 14.9. The lowest BCUT2D eigenvalue weighted by Crippen LogP contribution is -2.44. The topological polar surface area (TPSA) is 29.5 Å². The number of rotatable bonds is 1. The Labute approximate surface area is 122 Å². The number of morpholine rings is 1. The summed E-state index contributed by atoms with van der Waals surface area (Å²) in [5.74, 6) is -0.410. The summed E-state index contributed by atoms with van der Waals surface area (Å²) in [6, 6.07) is 3.24. The highest BCUT2D eigenvalue weighted by Crippen LogP contribution is 2.32. The summed E-state index contributed by atoms with van der Waals surface area (Å²) in [7, 11) is 0. The Kier molecular flexibility index (Phi) is 4.39. The Morgan fingerprint density at radius 3 is 2.70 bits per heavy atom. The Balaban J connectivity index is 2.28. The molecular weight excluding hydrogens is 339 g/mol. The summed E-state index contributed by atoms with van der Waals surface area (Å²) in [6.45, 7) is 2.98. The van der Waals surface area contributed by atoms with Crippen LogP contribution in [0.5, 0.6) is 0 Å². The highest BCUT2D eigenvalue weighted by molar-refractivity contribution is 9.10. The van der Waals surface area contributed by atoms with E-state index in [1.54, 1.807) is 0 Å². The monoisotopic (exact) mass is 351 g/mol. The van der Waals surface area contributed by atoms with Crippen molar-refractivity contribution < 1.29 is 22.7 Å². The van der Waals surface area contributed by atoms with Crippen molar-refractivity contribution in [2.45, 2.75) is 19.2 Å². The molecule has 1 aliphatic rings. The van der Waals surface area contributed by atoms with Gasteiger partial charge in [-0.05, 0) is 25.1 Å². The molecule has 2 rings (SSSR count). The fraction of sp³-hybridized carbons (Fsp3) is 0.462. The van der Waals surface area contributed by atoms with E-state index in [0.29, 0.717) is 19.7 Å². The quantitative estimate of drug-likeness (QED) is 0.776. The second kappa shape index (κ2) is 5.73. The number of halogens is 4. The van der Waals surface area contributed by atoms with Gasteiger partial charge < -0.3 is 9.64 Å². The van der Waals surface area contributed by atoms with Crippen LogP contribution < -0.4 is 0 Å². The largest absolute Gasteiger partial charge is 0.416 e. The van der Waals surface area contributed by atoms with E-state index in [1.807, 2.05) is 6.92 Å². The van der Waals surface area contributed by atoms with Gasteiger partial charge in [0, 0.05) is 23.1 Å². The van der Waals surface area contributed by atoms with E-state index in [2.05, 4.69) is 15.9 Å². The van der Waals surface area contributed by atoms with E-state index in [-0.39, 0.29) is 16.1 Å². The number of hydrogen-bond acceptors (Lipinski definition) is 2. The molecule has 0 saturated carbocycles. The normalized spacial score (nSPS) is 20.1. The van der Waals surface area contributed by atoms with Gasteiger partial charge in [-0.3, -0.25) is 4.79 Å². The smallest absolute Gasteiger partial charge is 0.375 e. The van der Waals surface area contributed by atoms with Crippen molar-refractivity contribution in [3.05, 3.63) is 33.8 Å². The molecule has 0 aliphatic carbocycles. The van der Waals surface area contributed by atoms with Crippen molar-refractivity contribution in [2.75, 3.05) is 19.7 Å². The molecule has 1 saturated heterocycles. The third-order valence-electron chi connectivity index (χ3n) is 3.00. The molecule has 3 nitrogen and oxygen atoms in total. The van der Waals surface area contributed by atoms with Crippen LogP contribution in [0.2, 0.25) is 0 Å². The number of alkyl halides is 3. The minimum atomic E-state index is -4.48. The van der Waals surface area contributed by atoms with Gasteiger partial charge in [0.1, 0.15) is 0 Å². The molecule has 1 atom stereocenters. The molecule has 0 radical (unpaired) electrons. The lowest BCUT2D eigenvalue weighted by Gasteiger charge is -2.31. The van der Waals surface area contributed by atoms with Gasteiger partial charge in [0.05, 0.1) is 18.3 Å². The van der Waals surface area contributed by atoms with Crippen molar-refractivity contribution in [2.24, 2.45) is 0 Å². The van der Waals surface area contributed by atoms with Crippen LogP contribution in [0, 0.1) is 0 Å². The van der Waals surface area contributed by atoms with Gasteiger partial charge in [0.25, 0.3) is 5.91 Å². The van der Waals surface area contributed by atoms with Crippen LogP contribution in [0.3, 0.4) is 0 Å². The lowest BCUT2D eigenvalue weighted by atomic mass is 10.1. The van der Waals surface area contributed by atoms with Gasteiger partial charge in [-0.1, -0.05) is 15.9 Å². The maximum Gasteiger partial charge on any atom is 0.416 e. The number of nitrogens with zero attached hydrogens (tertiary/aromatic N) is 1. The summed E-state index contributed by atoms with van der Waals surface area (Å²) >= 11 is 3.01. The lowest BCUT2D eigenvalue weighted by molar-refractivity contribution is -0.137. The summed E-state index contributed by atoms with van der Waals surface area (Å²) in [5.41, 5.74) is -0.808. The number of hydrogen-bond donors (Lipinski definition) is 0. The summed E-state index contributed by atoms with van der Waals surface area (Å²) in [6.07, 6.45) is -4.58. The molecule has 20 heavy (non-hydrogen) atoms. The fourth-order valence-corrected chi connectivity index (χ4v) is 2.56. The molecule has 0 N–H and O–H groups in total. The molecule has 1 fully saturated rings. The van der Waals surface area contributed by atoms with E-state index in [4.69, 9.17) is 4.74 Å². The minimum absolute atomic E-state index is 0.0285. The van der Waals surface area contributed by atoms with E-state index in [0.717, 1.165) is 12.1 Å². The second-order valence-electron chi connectivity index (χ2n) is 4.66. The first-order valence-corrected chi connectivity index (χ1v) is 6.85. The zero-order valence-corrected chi connectivity index (χ0v) is 12.3. The number of carbonyl (C=O) groups excluding carboxylic acids is 1. The van der Waals surface area contributed by atoms with Crippen molar-refractivity contribution in [3.63, 3.8) is 0 Å². The van der Waals surface area contributed by atoms with Crippen molar-refractivity contribution in [3.8, 4) is 0 Å². The molecule has 1 aromatic rings. The fourth-order valence-electron chi connectivity index (χ4n) is 2.06. The standard InChI is InChI=1S/C13H13BrF3NO2/c1-8-7-18(2-3-20-8)12(19)9-4-10(13(15,16)17)6-11(14)5-9/h4-6,8H,2-3,7H2,1H3/t8-/m0/s1. The number of amides is 1. The van der Waals surface area contributed by atoms with Gasteiger partial charge in [-0.2, -0.15) is 13.2 Å². The van der Waals surface area contributed by atoms with Gasteiger partial charge in [0.15, 0.2) is 0 Å². The van der Waals surface area contributed by atoms with Gasteiger partial charge >= 0.3 is 6.18 Å². The Morgan fingerprint density at radius 2 is 2.10 bits per heavy atom. The Hall–Kier alpha value is -1.08. The highest BCUT2D eigenvalue weighted by Gasteiger charge is 2.32. The van der Waals surface area contributed by atoms with Crippen LogP contribution in [0.25, 0.3) is 0 Å². The number of carbonyl (C=O) groups is 1. The third kappa shape index (κ3) is 3.52. The Morgan fingerprint density at radius 1 is 1.40 bits per heavy atom.